The summed E-state index contributed by atoms with van der Waals surface area (Å²) >= 11 is 0. The molecule has 10 heavy (non-hydrogen) atoms. The molecule has 0 aromatic heterocycles. The second kappa shape index (κ2) is 16.4. The molecule has 0 radical (unpaired) electrons. The van der Waals surface area contributed by atoms with Crippen molar-refractivity contribution in [3.05, 3.63) is 0 Å². The Morgan fingerprint density at radius 1 is 0.800 bits per heavy atom. The molecule has 0 N–H and O–H groups in total. The van der Waals surface area contributed by atoms with Crippen LogP contribution in [0, 0.1) is 41.7 Å². The van der Waals surface area contributed by atoms with Crippen molar-refractivity contribution in [2.24, 2.45) is 0 Å². The van der Waals surface area contributed by atoms with Gasteiger partial charge in [0.2, 0.25) is 0 Å². The second-order valence-electron chi connectivity index (χ2n) is 0.500. The van der Waals surface area contributed by atoms with E-state index >= 15 is 0 Å². The number of carbonyl (C=O) groups excluding carboxylic acids is 2. The molecular formula is C2CeO6Zr. The van der Waals surface area contributed by atoms with Gasteiger partial charge in [0.1, 0.15) is 0 Å². The van der Waals surface area contributed by atoms with E-state index in [0.29, 0.717) is 0 Å². The first-order chi connectivity index (χ1) is 3.46. The zero-order valence-electron chi connectivity index (χ0n) is 4.45. The van der Waals surface area contributed by atoms with Gasteiger partial charge in [0.15, 0.2) is 0 Å². The minimum absolute atomic E-state index is 0. The van der Waals surface area contributed by atoms with Crippen molar-refractivity contribution in [2.75, 3.05) is 0 Å². The summed E-state index contributed by atoms with van der Waals surface area (Å²) in [6, 6.07) is 0. The van der Waals surface area contributed by atoms with E-state index < -0.39 is 12.3 Å². The van der Waals surface area contributed by atoms with Crippen LogP contribution in [0.15, 0.2) is 0 Å². The molecule has 0 heterocycles. The van der Waals surface area contributed by atoms with Crippen molar-refractivity contribution in [1.82, 2.24) is 0 Å². The average Bonchev–Trinajstić information content (AvgIpc) is 1.25. The summed E-state index contributed by atoms with van der Waals surface area (Å²) in [5, 5.41) is 33.3. The predicted molar refractivity (Wildman–Crippen MR) is 10.8 cm³/mol. The molecule has 0 aliphatic heterocycles. The average molecular weight is 351 g/mol. The van der Waals surface area contributed by atoms with Crippen LogP contribution in [0.2, 0.25) is 0 Å². The van der Waals surface area contributed by atoms with E-state index in [1.165, 1.54) is 0 Å². The number of carbonyl (C=O) groups is 2. The van der Waals surface area contributed by atoms with E-state index in [2.05, 4.69) is 0 Å². The molecule has 0 aliphatic rings. The molecule has 0 aromatic carbocycles. The molecule has 0 unspecified atom stereocenters. The minimum Gasteiger partial charge on any atom is -0.652 e. The van der Waals surface area contributed by atoms with E-state index in [0.717, 1.165) is 0 Å². The first-order valence-corrected chi connectivity index (χ1v) is 1.22. The zero-order chi connectivity index (χ0) is 7.15. The summed E-state index contributed by atoms with van der Waals surface area (Å²) in [4.78, 5) is 16.7. The van der Waals surface area contributed by atoms with Crippen molar-refractivity contribution in [1.29, 1.82) is 0 Å². The molecule has 0 bridgehead atoms. The van der Waals surface area contributed by atoms with Crippen LogP contribution in [0.1, 0.15) is 0 Å². The number of rotatable bonds is 0. The minimum atomic E-state index is -2.33. The largest absolute Gasteiger partial charge is 4.00 e. The molecule has 0 fully saturated rings. The Kier molecular flexibility index (Phi) is 36.8. The number of carboxylic acid groups (broad SMARTS) is 4. The Labute approximate surface area is 109 Å². The molecule has 8 heteroatoms. The quantitative estimate of drug-likeness (QED) is 0.431. The molecule has 0 rings (SSSR count). The van der Waals surface area contributed by atoms with Gasteiger partial charge in [-0.25, -0.2) is 0 Å². The molecule has 52 valence electrons. The Hall–Kier alpha value is 0.800. The Morgan fingerprint density at radius 2 is 0.800 bits per heavy atom. The smallest absolute Gasteiger partial charge is 0.652 e. The zero-order valence-corrected chi connectivity index (χ0v) is 10.0. The van der Waals surface area contributed by atoms with Crippen LogP contribution in [0.3, 0.4) is 0 Å². The maximum absolute atomic E-state index is 8.33. The maximum Gasteiger partial charge on any atom is 4.00 e. The van der Waals surface area contributed by atoms with Crippen LogP contribution < -0.4 is 20.4 Å². The Balaban J connectivity index is -0.0000000300. The standard InChI is InChI=1S/2CH2O3.Ce.Zr/c2*2-1(3)4;;/h2*(H2,2,3,4);;/q;;;+4/p-4. The third-order valence-corrected chi connectivity index (χ3v) is 0. The van der Waals surface area contributed by atoms with E-state index in [4.69, 9.17) is 30.0 Å². The van der Waals surface area contributed by atoms with Gasteiger partial charge in [-0.15, -0.1) is 0 Å². The Morgan fingerprint density at radius 3 is 0.800 bits per heavy atom. The third-order valence-electron chi connectivity index (χ3n) is 0. The fourth-order valence-corrected chi connectivity index (χ4v) is 0. The van der Waals surface area contributed by atoms with E-state index in [-0.39, 0.29) is 68.0 Å². The van der Waals surface area contributed by atoms with Gasteiger partial charge >= 0.3 is 26.2 Å². The molecule has 0 aromatic rings. The van der Waals surface area contributed by atoms with Crippen molar-refractivity contribution in [2.45, 2.75) is 0 Å². The molecule has 0 aliphatic carbocycles. The van der Waals surface area contributed by atoms with E-state index in [1.54, 1.807) is 0 Å². The van der Waals surface area contributed by atoms with Crippen LogP contribution in [0.25, 0.3) is 0 Å². The first-order valence-electron chi connectivity index (χ1n) is 1.22. The summed E-state index contributed by atoms with van der Waals surface area (Å²) in [5.41, 5.74) is 0. The third kappa shape index (κ3) is 837. The first kappa shape index (κ1) is 22.4. The van der Waals surface area contributed by atoms with Gasteiger partial charge in [-0.1, -0.05) is 0 Å². The normalized spacial score (nSPS) is 4.80. The molecule has 0 atom stereocenters. The molecular weight excluding hydrogens is 351 g/mol. The molecule has 0 spiro atoms. The van der Waals surface area contributed by atoms with Crippen LogP contribution in [-0.2, 0) is 26.2 Å². The summed E-state index contributed by atoms with van der Waals surface area (Å²) in [6.07, 6.45) is -4.67. The van der Waals surface area contributed by atoms with Gasteiger partial charge in [-0.2, -0.15) is 0 Å². The molecule has 6 nitrogen and oxygen atoms in total. The van der Waals surface area contributed by atoms with Gasteiger partial charge in [0.05, 0.1) is 0 Å². The van der Waals surface area contributed by atoms with Crippen molar-refractivity contribution >= 4 is 12.3 Å². The predicted octanol–water partition coefficient (Wildman–Crippen LogP) is -4.90. The second-order valence-corrected chi connectivity index (χ2v) is 0.500. The van der Waals surface area contributed by atoms with Crippen molar-refractivity contribution in [3.63, 3.8) is 0 Å². The van der Waals surface area contributed by atoms with E-state index in [1.807, 2.05) is 0 Å². The fourth-order valence-electron chi connectivity index (χ4n) is 0. The van der Waals surface area contributed by atoms with Crippen LogP contribution >= 0.6 is 0 Å². The fraction of sp³-hybridized carbons (Fsp3) is 0. The number of hydrogen-bond acceptors (Lipinski definition) is 6. The number of hydrogen-bond donors (Lipinski definition) is 0. The van der Waals surface area contributed by atoms with E-state index in [9.17, 15) is 0 Å². The molecule has 0 saturated heterocycles. The SMILES string of the molecule is O=C([O-])[O-].O=C([O-])[O-].[Ce].[Zr+4]. The van der Waals surface area contributed by atoms with Crippen molar-refractivity contribution < 1.29 is 98.0 Å². The summed E-state index contributed by atoms with van der Waals surface area (Å²) in [5.74, 6) is 0. The van der Waals surface area contributed by atoms with Gasteiger partial charge in [-0.3, -0.25) is 0 Å². The Bertz CT molecular complexity index is 73.7. The monoisotopic (exact) mass is 350 g/mol. The summed E-state index contributed by atoms with van der Waals surface area (Å²) in [7, 11) is 0. The van der Waals surface area contributed by atoms with Gasteiger partial charge in [-0.05, 0) is 12.3 Å². The maximum atomic E-state index is 8.33. The molecule has 0 amide bonds. The molecule has 0 saturated carbocycles. The van der Waals surface area contributed by atoms with Crippen LogP contribution in [-0.4, -0.2) is 12.3 Å². The van der Waals surface area contributed by atoms with Gasteiger partial charge < -0.3 is 30.0 Å². The topological polar surface area (TPSA) is 126 Å². The van der Waals surface area contributed by atoms with Crippen LogP contribution in [0.4, 0.5) is 9.59 Å². The van der Waals surface area contributed by atoms with Crippen LogP contribution in [0.5, 0.6) is 0 Å². The van der Waals surface area contributed by atoms with Gasteiger partial charge in [0, 0.05) is 41.7 Å². The summed E-state index contributed by atoms with van der Waals surface area (Å²) < 4.78 is 0. The van der Waals surface area contributed by atoms with Crippen molar-refractivity contribution in [3.8, 4) is 0 Å². The summed E-state index contributed by atoms with van der Waals surface area (Å²) in [6.45, 7) is 0. The van der Waals surface area contributed by atoms with Gasteiger partial charge in [0.25, 0.3) is 0 Å².